The van der Waals surface area contributed by atoms with Crippen LogP contribution >= 0.6 is 0 Å². The van der Waals surface area contributed by atoms with Gasteiger partial charge < -0.3 is 4.74 Å². The molecule has 15 heavy (non-hydrogen) atoms. The summed E-state index contributed by atoms with van der Waals surface area (Å²) in [7, 11) is 0. The molecule has 0 aliphatic heterocycles. The Labute approximate surface area is 88.5 Å². The van der Waals surface area contributed by atoms with Crippen LogP contribution in [0.3, 0.4) is 0 Å². The third kappa shape index (κ3) is 3.50. The van der Waals surface area contributed by atoms with Gasteiger partial charge in [-0.1, -0.05) is 4.57 Å². The highest BCUT2D eigenvalue weighted by Gasteiger charge is 2.23. The second-order valence-corrected chi connectivity index (χ2v) is 4.14. The van der Waals surface area contributed by atoms with Crippen molar-refractivity contribution in [2.24, 2.45) is 0 Å². The van der Waals surface area contributed by atoms with Crippen molar-refractivity contribution in [3.63, 3.8) is 0 Å². The summed E-state index contributed by atoms with van der Waals surface area (Å²) in [6.07, 6.45) is 3.26. The molecule has 1 heterocycles. The van der Waals surface area contributed by atoms with Gasteiger partial charge in [-0.15, -0.1) is 0 Å². The number of nitrogens with zero attached hydrogens (tertiary/aromatic N) is 1. The summed E-state index contributed by atoms with van der Waals surface area (Å²) in [4.78, 5) is 21.9. The molecule has 1 aromatic heterocycles. The quantitative estimate of drug-likeness (QED) is 0.520. The summed E-state index contributed by atoms with van der Waals surface area (Å²) >= 11 is 0. The molecule has 0 spiro atoms. The molecule has 0 saturated carbocycles. The van der Waals surface area contributed by atoms with E-state index in [1.165, 1.54) is 17.0 Å². The average Bonchev–Trinajstić information content (AvgIpc) is 2.15. The Kier molecular flexibility index (Phi) is 3.19. The highest BCUT2D eigenvalue weighted by atomic mass is 16.6. The number of carbonyl (C=O) groups excluding carboxylic acids is 2. The molecule has 0 aliphatic carbocycles. The molecule has 0 amide bonds. The molecule has 4 nitrogen and oxygen atoms in total. The third-order valence-electron chi connectivity index (χ3n) is 1.60. The number of hydrogen-bond acceptors (Lipinski definition) is 3. The fraction of sp³-hybridized carbons (Fsp3) is 0.364. The lowest BCUT2D eigenvalue weighted by Gasteiger charge is -2.15. The van der Waals surface area contributed by atoms with Crippen LogP contribution in [0.1, 0.15) is 31.1 Å². The molecular formula is C11H14NO3+. The average molecular weight is 208 g/mol. The predicted octanol–water partition coefficient (Wildman–Crippen LogP) is 1.57. The van der Waals surface area contributed by atoms with E-state index in [4.69, 9.17) is 4.74 Å². The van der Waals surface area contributed by atoms with E-state index >= 15 is 0 Å². The van der Waals surface area contributed by atoms with Crippen LogP contribution in [-0.2, 0) is 4.74 Å². The zero-order valence-electron chi connectivity index (χ0n) is 9.06. The van der Waals surface area contributed by atoms with Crippen molar-refractivity contribution in [1.29, 1.82) is 0 Å². The molecule has 0 bridgehead atoms. The van der Waals surface area contributed by atoms with Gasteiger partial charge in [0.25, 0.3) is 0 Å². The minimum absolute atomic E-state index is 0.458. The second kappa shape index (κ2) is 4.21. The van der Waals surface area contributed by atoms with Crippen LogP contribution in [0, 0.1) is 0 Å². The van der Waals surface area contributed by atoms with E-state index in [9.17, 15) is 9.59 Å². The van der Waals surface area contributed by atoms with Crippen LogP contribution in [-0.4, -0.2) is 18.0 Å². The Balaban J connectivity index is 2.79. The lowest BCUT2D eigenvalue weighted by molar-refractivity contribution is -0.588. The summed E-state index contributed by atoms with van der Waals surface area (Å²) in [5, 5.41) is 0. The van der Waals surface area contributed by atoms with Gasteiger partial charge in [0, 0.05) is 17.7 Å². The van der Waals surface area contributed by atoms with Gasteiger partial charge in [0.15, 0.2) is 18.7 Å². The van der Waals surface area contributed by atoms with Gasteiger partial charge in [0.2, 0.25) is 0 Å². The van der Waals surface area contributed by atoms with Gasteiger partial charge in [-0.3, -0.25) is 4.79 Å². The normalized spacial score (nSPS) is 10.9. The van der Waals surface area contributed by atoms with E-state index < -0.39 is 11.7 Å². The standard InChI is InChI=1S/C11H14NO3/c1-11(2,3)15-10(14)12-6-4-9(8-13)5-7-12/h4-8H,1-3H3/q+1. The number of aldehydes is 1. The molecule has 1 aromatic rings. The fourth-order valence-electron chi connectivity index (χ4n) is 0.953. The Morgan fingerprint density at radius 3 is 2.27 bits per heavy atom. The molecule has 1 rings (SSSR count). The van der Waals surface area contributed by atoms with Crippen LogP contribution in [0.4, 0.5) is 4.79 Å². The molecule has 0 aliphatic rings. The molecule has 0 saturated heterocycles. The van der Waals surface area contributed by atoms with Gasteiger partial charge in [-0.05, 0) is 20.8 Å². The molecule has 0 atom stereocenters. The van der Waals surface area contributed by atoms with E-state index in [0.29, 0.717) is 5.56 Å². The summed E-state index contributed by atoms with van der Waals surface area (Å²) in [5.41, 5.74) is 0.00255. The first-order chi connectivity index (χ1) is 6.92. The number of ether oxygens (including phenoxy) is 1. The van der Waals surface area contributed by atoms with Crippen molar-refractivity contribution in [2.75, 3.05) is 0 Å². The molecular weight excluding hydrogens is 194 g/mol. The molecule has 80 valence electrons. The summed E-state index contributed by atoms with van der Waals surface area (Å²) in [5.74, 6) is 0. The van der Waals surface area contributed by atoms with Crippen LogP contribution in [0.2, 0.25) is 0 Å². The van der Waals surface area contributed by atoms with Gasteiger partial charge in [-0.2, -0.15) is 4.79 Å². The minimum atomic E-state index is -0.520. The van der Waals surface area contributed by atoms with Gasteiger partial charge in [0.05, 0.1) is 0 Å². The largest absolute Gasteiger partial charge is 0.602 e. The van der Waals surface area contributed by atoms with Crippen LogP contribution in [0.25, 0.3) is 0 Å². The maximum absolute atomic E-state index is 11.5. The van der Waals surface area contributed by atoms with Crippen LogP contribution in [0.5, 0.6) is 0 Å². The topological polar surface area (TPSA) is 47.2 Å². The maximum atomic E-state index is 11.5. The fourth-order valence-corrected chi connectivity index (χ4v) is 0.953. The Morgan fingerprint density at radius 1 is 1.33 bits per heavy atom. The minimum Gasteiger partial charge on any atom is -0.406 e. The van der Waals surface area contributed by atoms with E-state index in [1.54, 1.807) is 32.9 Å². The summed E-state index contributed by atoms with van der Waals surface area (Å²) < 4.78 is 6.42. The van der Waals surface area contributed by atoms with Crippen LogP contribution in [0.15, 0.2) is 24.5 Å². The number of rotatable bonds is 1. The number of hydrogen-bond donors (Lipinski definition) is 0. The number of aromatic nitrogens is 1. The van der Waals surface area contributed by atoms with Crippen LogP contribution < -0.4 is 4.57 Å². The summed E-state index contributed by atoms with van der Waals surface area (Å²) in [6, 6.07) is 3.10. The molecule has 0 N–H and O–H groups in total. The highest BCUT2D eigenvalue weighted by molar-refractivity contribution is 5.74. The molecule has 0 unspecified atom stereocenters. The Morgan fingerprint density at radius 2 is 1.87 bits per heavy atom. The highest BCUT2D eigenvalue weighted by Crippen LogP contribution is 2.06. The molecule has 0 aromatic carbocycles. The molecule has 4 heteroatoms. The van der Waals surface area contributed by atoms with E-state index in [0.717, 1.165) is 6.29 Å². The first-order valence-corrected chi connectivity index (χ1v) is 4.62. The van der Waals surface area contributed by atoms with E-state index in [-0.39, 0.29) is 0 Å². The predicted molar refractivity (Wildman–Crippen MR) is 53.7 cm³/mol. The third-order valence-corrected chi connectivity index (χ3v) is 1.60. The van der Waals surface area contributed by atoms with Crippen molar-refractivity contribution in [3.05, 3.63) is 30.1 Å². The lowest BCUT2D eigenvalue weighted by atomic mass is 10.2. The van der Waals surface area contributed by atoms with Crippen molar-refractivity contribution in [3.8, 4) is 0 Å². The monoisotopic (exact) mass is 208 g/mol. The first kappa shape index (κ1) is 11.4. The first-order valence-electron chi connectivity index (χ1n) is 4.62. The smallest absolute Gasteiger partial charge is 0.406 e. The van der Waals surface area contributed by atoms with Crippen molar-refractivity contribution in [2.45, 2.75) is 26.4 Å². The Bertz CT molecular complexity index is 362. The molecule has 0 radical (unpaired) electrons. The SMILES string of the molecule is CC(C)(C)OC(=O)[n+]1ccc(C=O)cc1. The van der Waals surface area contributed by atoms with Crippen molar-refractivity contribution >= 4 is 12.4 Å². The summed E-state index contributed by atoms with van der Waals surface area (Å²) in [6.45, 7) is 5.39. The van der Waals surface area contributed by atoms with Gasteiger partial charge >= 0.3 is 6.09 Å². The number of carbonyl (C=O) groups is 2. The van der Waals surface area contributed by atoms with Crippen molar-refractivity contribution in [1.82, 2.24) is 0 Å². The van der Waals surface area contributed by atoms with E-state index in [2.05, 4.69) is 0 Å². The number of pyridine rings is 1. The van der Waals surface area contributed by atoms with Gasteiger partial charge in [-0.25, -0.2) is 0 Å². The van der Waals surface area contributed by atoms with E-state index in [1.807, 2.05) is 0 Å². The Hall–Kier alpha value is -1.71. The maximum Gasteiger partial charge on any atom is 0.602 e. The van der Waals surface area contributed by atoms with Gasteiger partial charge in [0.1, 0.15) is 5.60 Å². The zero-order valence-corrected chi connectivity index (χ0v) is 9.06. The lowest BCUT2D eigenvalue weighted by Crippen LogP contribution is -2.45. The molecule has 0 fully saturated rings. The van der Waals surface area contributed by atoms with Crippen molar-refractivity contribution < 1.29 is 18.9 Å². The second-order valence-electron chi connectivity index (χ2n) is 4.14. The zero-order chi connectivity index (χ0) is 11.5.